The molecular weight excluding hydrogens is 514 g/mol. The fourth-order valence-electron chi connectivity index (χ4n) is 2.60. The number of hydrogen-bond acceptors (Lipinski definition) is 4. The summed E-state index contributed by atoms with van der Waals surface area (Å²) < 4.78 is 24.1. The smallest absolute Gasteiger partial charge is 0.243 e. The van der Waals surface area contributed by atoms with Gasteiger partial charge in [0.05, 0.1) is 13.2 Å². The van der Waals surface area contributed by atoms with Gasteiger partial charge in [-0.25, -0.2) is 4.39 Å². The van der Waals surface area contributed by atoms with Gasteiger partial charge in [0.15, 0.2) is 5.96 Å². The van der Waals surface area contributed by atoms with Crippen molar-refractivity contribution < 1.29 is 18.7 Å². The predicted molar refractivity (Wildman–Crippen MR) is 132 cm³/mol. The average molecular weight is 544 g/mol. The molecule has 3 N–H and O–H groups in total. The Morgan fingerprint density at radius 2 is 1.84 bits per heavy atom. The average Bonchev–Trinajstić information content (AvgIpc) is 2.74. The normalized spacial score (nSPS) is 10.8. The predicted octanol–water partition coefficient (Wildman–Crippen LogP) is 3.47. The van der Waals surface area contributed by atoms with E-state index in [-0.39, 0.29) is 42.2 Å². The summed E-state index contributed by atoms with van der Waals surface area (Å²) in [4.78, 5) is 16.2. The molecule has 0 fully saturated rings. The molecule has 0 spiro atoms. The van der Waals surface area contributed by atoms with E-state index in [1.165, 1.54) is 24.3 Å². The molecule has 0 aliphatic carbocycles. The first-order valence-electron chi connectivity index (χ1n) is 9.81. The molecule has 2 rings (SSSR count). The van der Waals surface area contributed by atoms with E-state index in [2.05, 4.69) is 20.9 Å². The zero-order valence-electron chi connectivity index (χ0n) is 18.0. The lowest BCUT2D eigenvalue weighted by molar-refractivity contribution is -0.115. The van der Waals surface area contributed by atoms with Crippen molar-refractivity contribution in [2.24, 2.45) is 4.99 Å². The number of guanidine groups is 1. The molecule has 2 aromatic rings. The molecule has 31 heavy (non-hydrogen) atoms. The number of aliphatic imine (C=N–C) groups is 1. The van der Waals surface area contributed by atoms with Crippen molar-refractivity contribution in [3.05, 3.63) is 59.4 Å². The molecular formula is C22H30FIN4O3. The minimum atomic E-state index is -0.354. The third kappa shape index (κ3) is 9.97. The van der Waals surface area contributed by atoms with E-state index < -0.39 is 0 Å². The van der Waals surface area contributed by atoms with Crippen LogP contribution in [-0.2, 0) is 16.1 Å². The van der Waals surface area contributed by atoms with Crippen molar-refractivity contribution >= 4 is 41.5 Å². The van der Waals surface area contributed by atoms with E-state index in [0.717, 1.165) is 16.9 Å². The molecule has 0 heterocycles. The van der Waals surface area contributed by atoms with Gasteiger partial charge >= 0.3 is 0 Å². The molecule has 1 amide bonds. The van der Waals surface area contributed by atoms with Crippen molar-refractivity contribution in [1.82, 2.24) is 10.6 Å². The van der Waals surface area contributed by atoms with E-state index in [9.17, 15) is 9.18 Å². The van der Waals surface area contributed by atoms with Crippen molar-refractivity contribution in [2.45, 2.75) is 20.4 Å². The number of aryl methyl sites for hydroxylation is 1. The number of ether oxygens (including phenoxy) is 2. The number of rotatable bonds is 10. The topological polar surface area (TPSA) is 84.0 Å². The van der Waals surface area contributed by atoms with Gasteiger partial charge in [-0.3, -0.25) is 9.79 Å². The maximum absolute atomic E-state index is 12.9. The Morgan fingerprint density at radius 1 is 1.10 bits per heavy atom. The first-order chi connectivity index (χ1) is 14.5. The highest BCUT2D eigenvalue weighted by Gasteiger charge is 2.08. The van der Waals surface area contributed by atoms with Crippen LogP contribution in [0.3, 0.4) is 0 Å². The molecule has 0 saturated carbocycles. The first-order valence-corrected chi connectivity index (χ1v) is 9.81. The number of amides is 1. The minimum absolute atomic E-state index is 0. The number of halogens is 2. The van der Waals surface area contributed by atoms with E-state index >= 15 is 0 Å². The van der Waals surface area contributed by atoms with Gasteiger partial charge in [-0.2, -0.15) is 0 Å². The summed E-state index contributed by atoms with van der Waals surface area (Å²) in [6.45, 7) is 6.10. The maximum Gasteiger partial charge on any atom is 0.243 e. The van der Waals surface area contributed by atoms with Gasteiger partial charge in [0.1, 0.15) is 18.2 Å². The summed E-state index contributed by atoms with van der Waals surface area (Å²) in [5.41, 5.74) is 2.60. The summed E-state index contributed by atoms with van der Waals surface area (Å²) in [5, 5.41) is 8.81. The van der Waals surface area contributed by atoms with Gasteiger partial charge < -0.3 is 25.4 Å². The van der Waals surface area contributed by atoms with Crippen molar-refractivity contribution in [3.8, 4) is 5.75 Å². The van der Waals surface area contributed by atoms with Crippen LogP contribution < -0.4 is 20.7 Å². The zero-order valence-corrected chi connectivity index (χ0v) is 20.4. The van der Waals surface area contributed by atoms with Crippen LogP contribution in [0.4, 0.5) is 10.1 Å². The summed E-state index contributed by atoms with van der Waals surface area (Å²) in [7, 11) is 1.63. The standard InChI is InChI=1S/C22H29FN4O3.HI/c1-4-29-11-12-30-20-13-16(2)5-6-17(20)14-25-22(24-3)26-15-21(28)27-19-9-7-18(23)8-10-19;/h5-10,13H,4,11-12,14-15H2,1-3H3,(H,27,28)(H2,24,25,26);1H. The number of nitrogens with zero attached hydrogens (tertiary/aromatic N) is 1. The highest BCUT2D eigenvalue weighted by Crippen LogP contribution is 2.20. The second-order valence-electron chi connectivity index (χ2n) is 6.49. The molecule has 7 nitrogen and oxygen atoms in total. The van der Waals surface area contributed by atoms with Crippen LogP contribution in [0, 0.1) is 12.7 Å². The number of benzene rings is 2. The molecule has 0 aliphatic heterocycles. The number of nitrogens with one attached hydrogen (secondary N) is 3. The lowest BCUT2D eigenvalue weighted by Gasteiger charge is -2.15. The summed E-state index contributed by atoms with van der Waals surface area (Å²) in [6, 6.07) is 11.6. The summed E-state index contributed by atoms with van der Waals surface area (Å²) in [6.07, 6.45) is 0. The summed E-state index contributed by atoms with van der Waals surface area (Å²) in [5.74, 6) is 0.643. The Labute approximate surface area is 199 Å². The quantitative estimate of drug-likeness (QED) is 0.185. The molecule has 0 saturated heterocycles. The SMILES string of the molecule is CCOCCOc1cc(C)ccc1CNC(=NC)NCC(=O)Nc1ccc(F)cc1.I. The van der Waals surface area contributed by atoms with Gasteiger partial charge in [0.2, 0.25) is 5.91 Å². The third-order valence-corrected chi connectivity index (χ3v) is 4.13. The second kappa shape index (κ2) is 14.6. The van der Waals surface area contributed by atoms with E-state index in [4.69, 9.17) is 9.47 Å². The number of anilines is 1. The molecule has 9 heteroatoms. The van der Waals surface area contributed by atoms with Crippen LogP contribution in [0.25, 0.3) is 0 Å². The van der Waals surface area contributed by atoms with Crippen molar-refractivity contribution in [1.29, 1.82) is 0 Å². The van der Waals surface area contributed by atoms with Gasteiger partial charge in [0.25, 0.3) is 0 Å². The van der Waals surface area contributed by atoms with Crippen molar-refractivity contribution in [3.63, 3.8) is 0 Å². The molecule has 0 radical (unpaired) electrons. The van der Waals surface area contributed by atoms with Crippen LogP contribution in [0.15, 0.2) is 47.5 Å². The maximum atomic E-state index is 12.9. The van der Waals surface area contributed by atoms with Crippen molar-refractivity contribution in [2.75, 3.05) is 38.7 Å². The molecule has 0 aliphatic rings. The van der Waals surface area contributed by atoms with Crippen LogP contribution >= 0.6 is 24.0 Å². The van der Waals surface area contributed by atoms with Crippen LogP contribution in [0.1, 0.15) is 18.1 Å². The Hall–Kier alpha value is -2.40. The first kappa shape index (κ1) is 26.6. The number of carbonyl (C=O) groups is 1. The number of carbonyl (C=O) groups excluding carboxylic acids is 1. The van der Waals surface area contributed by atoms with E-state index in [1.807, 2.05) is 32.0 Å². The largest absolute Gasteiger partial charge is 0.491 e. The van der Waals surface area contributed by atoms with Gasteiger partial charge in [0, 0.05) is 31.5 Å². The fourth-order valence-corrected chi connectivity index (χ4v) is 2.60. The van der Waals surface area contributed by atoms with E-state index in [1.54, 1.807) is 7.05 Å². The molecule has 2 aromatic carbocycles. The van der Waals surface area contributed by atoms with E-state index in [0.29, 0.717) is 38.0 Å². The Bertz CT molecular complexity index is 847. The lowest BCUT2D eigenvalue weighted by atomic mass is 10.1. The zero-order chi connectivity index (χ0) is 21.8. The number of hydrogen-bond donors (Lipinski definition) is 3. The van der Waals surface area contributed by atoms with Gasteiger partial charge in [-0.1, -0.05) is 12.1 Å². The monoisotopic (exact) mass is 544 g/mol. The summed E-state index contributed by atoms with van der Waals surface area (Å²) >= 11 is 0. The molecule has 0 bridgehead atoms. The Balaban J connectivity index is 0.00000480. The van der Waals surface area contributed by atoms with Gasteiger partial charge in [-0.15, -0.1) is 24.0 Å². The highest BCUT2D eigenvalue weighted by atomic mass is 127. The second-order valence-corrected chi connectivity index (χ2v) is 6.49. The Kier molecular flexibility index (Phi) is 12.5. The molecule has 0 aromatic heterocycles. The molecule has 0 unspecified atom stereocenters. The van der Waals surface area contributed by atoms with Crippen LogP contribution in [-0.4, -0.2) is 45.3 Å². The van der Waals surface area contributed by atoms with Crippen LogP contribution in [0.5, 0.6) is 5.75 Å². The van der Waals surface area contributed by atoms with Crippen LogP contribution in [0.2, 0.25) is 0 Å². The van der Waals surface area contributed by atoms with Gasteiger partial charge in [-0.05, 0) is 49.7 Å². The highest BCUT2D eigenvalue weighted by molar-refractivity contribution is 14.0. The third-order valence-electron chi connectivity index (χ3n) is 4.13. The molecule has 170 valence electrons. The molecule has 0 atom stereocenters. The minimum Gasteiger partial charge on any atom is -0.491 e. The Morgan fingerprint density at radius 3 is 2.52 bits per heavy atom. The fraction of sp³-hybridized carbons (Fsp3) is 0.364. The lowest BCUT2D eigenvalue weighted by Crippen LogP contribution is -2.41.